The van der Waals surface area contributed by atoms with E-state index in [0.717, 1.165) is 5.90 Å². The topological polar surface area (TPSA) is 0 Å². The monoisotopic (exact) mass is 825 g/mol. The zero-order chi connectivity index (χ0) is 26.4. The largest absolute Gasteiger partial charge is 2.00 e. The fourth-order valence-corrected chi connectivity index (χ4v) is 18.1. The van der Waals surface area contributed by atoms with E-state index >= 15 is 0 Å². The van der Waals surface area contributed by atoms with Gasteiger partial charge in [-0.15, -0.1) is 0 Å². The van der Waals surface area contributed by atoms with Gasteiger partial charge in [-0.25, -0.2) is 0 Å². The third-order valence-electron chi connectivity index (χ3n) is 7.61. The molecule has 0 fully saturated rings. The summed E-state index contributed by atoms with van der Waals surface area (Å²) < 4.78 is 0. The summed E-state index contributed by atoms with van der Waals surface area (Å²) in [5.41, 5.74) is 0. The van der Waals surface area contributed by atoms with E-state index in [9.17, 15) is 0 Å². The fraction of sp³-hybridized carbons (Fsp3) is 0.0270. The summed E-state index contributed by atoms with van der Waals surface area (Å²) in [6.45, 7) is 0. The van der Waals surface area contributed by atoms with Crippen LogP contribution in [0.5, 0.6) is 0 Å². The van der Waals surface area contributed by atoms with Crippen molar-refractivity contribution in [1.82, 2.24) is 0 Å². The molecule has 0 bridgehead atoms. The number of halogens is 4. The third-order valence-corrected chi connectivity index (χ3v) is 18.1. The Morgan fingerprint density at radius 2 is 0.409 bits per heavy atom. The van der Waals surface area contributed by atoms with Crippen molar-refractivity contribution in [3.63, 3.8) is 0 Å². The van der Waals surface area contributed by atoms with E-state index in [2.05, 4.69) is 182 Å². The predicted molar refractivity (Wildman–Crippen MR) is 175 cm³/mol. The van der Waals surface area contributed by atoms with Crippen LogP contribution in [0.4, 0.5) is 0 Å². The number of hydrogen-bond donors (Lipinski definition) is 0. The van der Waals surface area contributed by atoms with Crippen molar-refractivity contribution in [1.29, 1.82) is 0 Å². The Kier molecular flexibility index (Phi) is 17.4. The standard InChI is InChI=1S/C37H32P2.2BrH.2ClH.Co/c1-7-19-32(20-8-1)38(33-21-9-2-10-22-33,34-23-11-3-12-24-34)31-39(35-25-13-4-14-26-35,36-27-15-5-16-28-36)37-29-17-6-18-30-37;;;;;/h1-30H,31H2;4*1H;/q+2;;;;;+2/p-4. The molecule has 0 heterocycles. The Bertz CT molecular complexity index is 1300. The Labute approximate surface area is 307 Å². The number of rotatable bonds is 8. The van der Waals surface area contributed by atoms with Crippen molar-refractivity contribution in [2.45, 2.75) is 0 Å². The Balaban J connectivity index is 0.00000194. The summed E-state index contributed by atoms with van der Waals surface area (Å²) in [5.74, 6) is 1.04. The van der Waals surface area contributed by atoms with Crippen molar-refractivity contribution >= 4 is 46.4 Å². The molecule has 227 valence electrons. The Hall–Kier alpha value is -1.77. The van der Waals surface area contributed by atoms with Gasteiger partial charge in [0.1, 0.15) is 31.8 Å². The smallest absolute Gasteiger partial charge is 1.00 e. The maximum atomic E-state index is 2.36. The molecule has 0 N–H and O–H groups in total. The molecule has 44 heavy (non-hydrogen) atoms. The normalized spacial score (nSPS) is 10.4. The summed E-state index contributed by atoms with van der Waals surface area (Å²) in [6.07, 6.45) is 0. The van der Waals surface area contributed by atoms with E-state index in [4.69, 9.17) is 0 Å². The number of benzene rings is 6. The zero-order valence-electron chi connectivity index (χ0n) is 23.8. The van der Waals surface area contributed by atoms with Crippen LogP contribution in [0, 0.1) is 0 Å². The van der Waals surface area contributed by atoms with Crippen molar-refractivity contribution < 1.29 is 75.6 Å². The minimum Gasteiger partial charge on any atom is -1.00 e. The molecule has 0 aromatic heterocycles. The molecule has 0 saturated carbocycles. The van der Waals surface area contributed by atoms with Gasteiger partial charge < -0.3 is 58.8 Å². The van der Waals surface area contributed by atoms with Gasteiger partial charge in [0.05, 0.1) is 0 Å². The summed E-state index contributed by atoms with van der Waals surface area (Å²) in [4.78, 5) is 0. The molecular formula is C37H32Br2Cl2CoP2. The van der Waals surface area contributed by atoms with E-state index in [1.807, 2.05) is 0 Å². The van der Waals surface area contributed by atoms with Gasteiger partial charge in [0.25, 0.3) is 0 Å². The fourth-order valence-electron chi connectivity index (χ4n) is 5.80. The second kappa shape index (κ2) is 19.0. The molecule has 6 aromatic carbocycles. The average Bonchev–Trinajstić information content (AvgIpc) is 3.04. The molecule has 0 aliphatic carbocycles. The molecule has 0 atom stereocenters. The van der Waals surface area contributed by atoms with Crippen LogP contribution in [0.15, 0.2) is 182 Å². The van der Waals surface area contributed by atoms with Gasteiger partial charge in [0.2, 0.25) is 0 Å². The molecule has 0 saturated heterocycles. The second-order valence-corrected chi connectivity index (χ2v) is 17.2. The summed E-state index contributed by atoms with van der Waals surface area (Å²) in [7, 11) is -4.24. The molecule has 0 aliphatic heterocycles. The van der Waals surface area contributed by atoms with Gasteiger partial charge in [0, 0.05) is 0 Å². The van der Waals surface area contributed by atoms with Crippen LogP contribution in [0.3, 0.4) is 0 Å². The van der Waals surface area contributed by atoms with Gasteiger partial charge in [-0.2, -0.15) is 0 Å². The predicted octanol–water partition coefficient (Wildman–Crippen LogP) is -5.05. The van der Waals surface area contributed by atoms with Gasteiger partial charge >= 0.3 is 16.8 Å². The first-order valence-corrected chi connectivity index (χ1v) is 17.4. The summed E-state index contributed by atoms with van der Waals surface area (Å²) in [5, 5.41) is 8.55. The van der Waals surface area contributed by atoms with Crippen molar-refractivity contribution in [2.75, 3.05) is 5.90 Å². The first kappa shape index (κ1) is 40.3. The van der Waals surface area contributed by atoms with E-state index < -0.39 is 14.5 Å². The molecule has 0 aliphatic rings. The first-order chi connectivity index (χ1) is 19.3. The van der Waals surface area contributed by atoms with Gasteiger partial charge in [-0.05, 0) is 72.8 Å². The van der Waals surface area contributed by atoms with Crippen molar-refractivity contribution in [3.05, 3.63) is 182 Å². The Morgan fingerprint density at radius 3 is 0.545 bits per heavy atom. The zero-order valence-corrected chi connectivity index (χ0v) is 31.3. The molecule has 7 heteroatoms. The van der Waals surface area contributed by atoms with E-state index in [-0.39, 0.29) is 75.6 Å². The molecule has 6 aromatic rings. The van der Waals surface area contributed by atoms with Gasteiger partial charge in [0.15, 0.2) is 20.4 Å². The van der Waals surface area contributed by atoms with Crippen molar-refractivity contribution in [3.8, 4) is 0 Å². The molecule has 0 nitrogen and oxygen atoms in total. The quantitative estimate of drug-likeness (QED) is 0.135. The molecular weight excluding hydrogens is 796 g/mol. The molecule has 0 unspecified atom stereocenters. The SMILES string of the molecule is [Br-].[Br-].[Cl-].[Cl-].[Co+2].c1ccc([P+](C[P+](c2ccccc2)(c2ccccc2)c2ccccc2)(c2ccccc2)c2ccccc2)cc1. The van der Waals surface area contributed by atoms with Crippen molar-refractivity contribution in [2.24, 2.45) is 0 Å². The van der Waals surface area contributed by atoms with Crippen LogP contribution in [0.1, 0.15) is 0 Å². The van der Waals surface area contributed by atoms with Crippen LogP contribution in [-0.2, 0) is 16.8 Å². The van der Waals surface area contributed by atoms with E-state index in [1.165, 1.54) is 31.8 Å². The van der Waals surface area contributed by atoms with E-state index in [1.54, 1.807) is 0 Å². The first-order valence-electron chi connectivity index (χ1n) is 13.4. The summed E-state index contributed by atoms with van der Waals surface area (Å²) in [6, 6.07) is 67.8. The van der Waals surface area contributed by atoms with E-state index in [0.29, 0.717) is 0 Å². The second-order valence-electron chi connectivity index (χ2n) is 9.77. The molecule has 1 radical (unpaired) electrons. The van der Waals surface area contributed by atoms with Crippen LogP contribution < -0.4 is 90.6 Å². The van der Waals surface area contributed by atoms with Crippen LogP contribution in [0.25, 0.3) is 0 Å². The number of hydrogen-bond acceptors (Lipinski definition) is 0. The van der Waals surface area contributed by atoms with Crippen LogP contribution >= 0.6 is 14.5 Å². The van der Waals surface area contributed by atoms with Gasteiger partial charge in [-0.3, -0.25) is 0 Å². The molecule has 0 spiro atoms. The summed E-state index contributed by atoms with van der Waals surface area (Å²) >= 11 is 0. The minimum atomic E-state index is -2.12. The third kappa shape index (κ3) is 7.95. The molecule has 0 amide bonds. The Morgan fingerprint density at radius 1 is 0.273 bits per heavy atom. The minimum absolute atomic E-state index is 0. The van der Waals surface area contributed by atoms with Crippen LogP contribution in [-0.4, -0.2) is 5.90 Å². The van der Waals surface area contributed by atoms with Gasteiger partial charge in [-0.1, -0.05) is 109 Å². The average molecular weight is 828 g/mol. The maximum Gasteiger partial charge on any atom is 2.00 e. The van der Waals surface area contributed by atoms with Crippen LogP contribution in [0.2, 0.25) is 0 Å². The maximum absolute atomic E-state index is 2.36. The molecule has 6 rings (SSSR count).